The molecule has 0 saturated heterocycles. The van der Waals surface area contributed by atoms with Crippen LogP contribution in [0.3, 0.4) is 0 Å². The van der Waals surface area contributed by atoms with E-state index in [1.165, 1.54) is 13.2 Å². The van der Waals surface area contributed by atoms with E-state index in [0.29, 0.717) is 10.9 Å². The molecule has 1 aromatic carbocycles. The lowest BCUT2D eigenvalue weighted by atomic mass is 10.1. The number of halogens is 3. The standard InChI is InChI=1S/C10H11BrFNO2.ClH/c1-15-10(14)9(13)5-6-2-3-8(12)7(11)4-6;/h2-4,9H,5,13H2,1H3;1H. The van der Waals surface area contributed by atoms with Gasteiger partial charge >= 0.3 is 5.97 Å². The molecule has 0 aliphatic carbocycles. The zero-order valence-corrected chi connectivity index (χ0v) is 11.0. The number of esters is 1. The number of hydrogen-bond donors (Lipinski definition) is 1. The van der Waals surface area contributed by atoms with Gasteiger partial charge in [0.1, 0.15) is 11.9 Å². The molecule has 3 nitrogen and oxygen atoms in total. The average Bonchev–Trinajstić information content (AvgIpc) is 2.22. The minimum atomic E-state index is -0.715. The molecule has 0 heterocycles. The van der Waals surface area contributed by atoms with Crippen molar-refractivity contribution in [2.24, 2.45) is 5.73 Å². The van der Waals surface area contributed by atoms with E-state index in [0.717, 1.165) is 5.56 Å². The molecule has 0 saturated carbocycles. The van der Waals surface area contributed by atoms with Gasteiger partial charge in [0, 0.05) is 0 Å². The highest BCUT2D eigenvalue weighted by atomic mass is 79.9. The SMILES string of the molecule is COC(=O)C(N)Cc1ccc(F)c(Br)c1.Cl. The Labute approximate surface area is 108 Å². The van der Waals surface area contributed by atoms with Gasteiger partial charge in [-0.25, -0.2) is 4.39 Å². The second-order valence-electron chi connectivity index (χ2n) is 3.08. The summed E-state index contributed by atoms with van der Waals surface area (Å²) in [4.78, 5) is 11.0. The molecule has 0 aromatic heterocycles. The monoisotopic (exact) mass is 311 g/mol. The van der Waals surface area contributed by atoms with Crippen LogP contribution in [0.5, 0.6) is 0 Å². The number of hydrogen-bond acceptors (Lipinski definition) is 3. The highest BCUT2D eigenvalue weighted by molar-refractivity contribution is 9.10. The fourth-order valence-electron chi connectivity index (χ4n) is 1.16. The minimum absolute atomic E-state index is 0. The van der Waals surface area contributed by atoms with Crippen LogP contribution < -0.4 is 5.73 Å². The molecule has 1 aromatic rings. The van der Waals surface area contributed by atoms with Gasteiger partial charge in [0.05, 0.1) is 11.6 Å². The van der Waals surface area contributed by atoms with Gasteiger partial charge in [-0.3, -0.25) is 4.79 Å². The summed E-state index contributed by atoms with van der Waals surface area (Å²) in [5, 5.41) is 0. The Morgan fingerprint density at radius 2 is 2.25 bits per heavy atom. The van der Waals surface area contributed by atoms with Crippen LogP contribution in [-0.2, 0) is 16.0 Å². The average molecular weight is 313 g/mol. The van der Waals surface area contributed by atoms with E-state index in [-0.39, 0.29) is 18.2 Å². The zero-order valence-electron chi connectivity index (χ0n) is 8.57. The third-order valence-corrected chi connectivity index (χ3v) is 2.55. The zero-order chi connectivity index (χ0) is 11.4. The molecule has 16 heavy (non-hydrogen) atoms. The number of rotatable bonds is 3. The summed E-state index contributed by atoms with van der Waals surface area (Å²) < 4.78 is 17.7. The van der Waals surface area contributed by atoms with Crippen LogP contribution in [0, 0.1) is 5.82 Å². The number of carbonyl (C=O) groups is 1. The third-order valence-electron chi connectivity index (χ3n) is 1.94. The smallest absolute Gasteiger partial charge is 0.322 e. The molecule has 0 aliphatic heterocycles. The third kappa shape index (κ3) is 4.08. The molecular formula is C10H12BrClFNO2. The Morgan fingerprint density at radius 1 is 1.62 bits per heavy atom. The molecule has 1 rings (SSSR count). The summed E-state index contributed by atoms with van der Waals surface area (Å²) in [5.74, 6) is -0.819. The van der Waals surface area contributed by atoms with Gasteiger partial charge in [0.15, 0.2) is 0 Å². The van der Waals surface area contributed by atoms with Gasteiger partial charge in [-0.15, -0.1) is 12.4 Å². The van der Waals surface area contributed by atoms with Crippen LogP contribution in [0.2, 0.25) is 0 Å². The summed E-state index contributed by atoms with van der Waals surface area (Å²) in [6, 6.07) is 3.79. The molecule has 90 valence electrons. The first-order valence-corrected chi connectivity index (χ1v) is 5.11. The predicted octanol–water partition coefficient (Wildman–Crippen LogP) is 2.05. The highest BCUT2D eigenvalue weighted by Gasteiger charge is 2.14. The second-order valence-corrected chi connectivity index (χ2v) is 3.94. The lowest BCUT2D eigenvalue weighted by Gasteiger charge is -2.09. The predicted molar refractivity (Wildman–Crippen MR) is 65.0 cm³/mol. The topological polar surface area (TPSA) is 52.3 Å². The maximum absolute atomic E-state index is 12.9. The molecule has 0 bridgehead atoms. The number of nitrogens with two attached hydrogens (primary N) is 1. The van der Waals surface area contributed by atoms with E-state index >= 15 is 0 Å². The van der Waals surface area contributed by atoms with Crippen LogP contribution in [-0.4, -0.2) is 19.1 Å². The molecule has 0 aliphatic rings. The van der Waals surface area contributed by atoms with Crippen molar-refractivity contribution in [2.75, 3.05) is 7.11 Å². The van der Waals surface area contributed by atoms with E-state index in [9.17, 15) is 9.18 Å². The Bertz CT molecular complexity index is 376. The second kappa shape index (κ2) is 6.83. The van der Waals surface area contributed by atoms with E-state index in [4.69, 9.17) is 5.73 Å². The Balaban J connectivity index is 0.00000225. The van der Waals surface area contributed by atoms with Crippen molar-refractivity contribution in [2.45, 2.75) is 12.5 Å². The van der Waals surface area contributed by atoms with Gasteiger partial charge in [0.25, 0.3) is 0 Å². The summed E-state index contributed by atoms with van der Waals surface area (Å²) in [6.07, 6.45) is 0.325. The fourth-order valence-corrected chi connectivity index (χ4v) is 1.58. The van der Waals surface area contributed by atoms with Crippen LogP contribution in [0.1, 0.15) is 5.56 Å². The van der Waals surface area contributed by atoms with Gasteiger partial charge < -0.3 is 10.5 Å². The van der Waals surface area contributed by atoms with E-state index in [1.54, 1.807) is 12.1 Å². The minimum Gasteiger partial charge on any atom is -0.468 e. The summed E-state index contributed by atoms with van der Waals surface area (Å²) in [7, 11) is 1.28. The maximum atomic E-state index is 12.9. The van der Waals surface area contributed by atoms with Crippen LogP contribution in [0.15, 0.2) is 22.7 Å². The molecule has 6 heteroatoms. The van der Waals surface area contributed by atoms with Gasteiger partial charge in [-0.2, -0.15) is 0 Å². The number of methoxy groups -OCH3 is 1. The fraction of sp³-hybridized carbons (Fsp3) is 0.300. The van der Waals surface area contributed by atoms with Crippen molar-refractivity contribution in [3.63, 3.8) is 0 Å². The quantitative estimate of drug-likeness (QED) is 0.869. The first kappa shape index (κ1) is 15.3. The normalized spacial score (nSPS) is 11.5. The summed E-state index contributed by atoms with van der Waals surface area (Å²) in [5.41, 5.74) is 6.34. The van der Waals surface area contributed by atoms with Crippen molar-refractivity contribution in [3.8, 4) is 0 Å². The van der Waals surface area contributed by atoms with Crippen molar-refractivity contribution < 1.29 is 13.9 Å². The summed E-state index contributed by atoms with van der Waals surface area (Å²) >= 11 is 3.06. The number of carbonyl (C=O) groups excluding carboxylic acids is 1. The molecule has 2 N–H and O–H groups in total. The molecular weight excluding hydrogens is 300 g/mol. The van der Waals surface area contributed by atoms with Crippen molar-refractivity contribution in [3.05, 3.63) is 34.1 Å². The molecule has 1 atom stereocenters. The maximum Gasteiger partial charge on any atom is 0.322 e. The first-order valence-electron chi connectivity index (χ1n) is 4.32. The van der Waals surface area contributed by atoms with E-state index < -0.39 is 12.0 Å². The number of benzene rings is 1. The molecule has 0 amide bonds. The molecule has 0 spiro atoms. The van der Waals surface area contributed by atoms with Crippen molar-refractivity contribution in [1.29, 1.82) is 0 Å². The van der Waals surface area contributed by atoms with E-state index in [1.807, 2.05) is 0 Å². The van der Waals surface area contributed by atoms with Crippen LogP contribution in [0.4, 0.5) is 4.39 Å². The molecule has 0 fully saturated rings. The van der Waals surface area contributed by atoms with Crippen molar-refractivity contribution >= 4 is 34.3 Å². The van der Waals surface area contributed by atoms with Crippen LogP contribution in [0.25, 0.3) is 0 Å². The Morgan fingerprint density at radius 3 is 2.75 bits per heavy atom. The van der Waals surface area contributed by atoms with Crippen LogP contribution >= 0.6 is 28.3 Å². The Hall–Kier alpha value is -0.650. The van der Waals surface area contributed by atoms with Gasteiger partial charge in [0.2, 0.25) is 0 Å². The molecule has 0 radical (unpaired) electrons. The van der Waals surface area contributed by atoms with Crippen molar-refractivity contribution in [1.82, 2.24) is 0 Å². The molecule has 1 unspecified atom stereocenters. The number of ether oxygens (including phenoxy) is 1. The Kier molecular flexibility index (Phi) is 6.55. The first-order chi connectivity index (χ1) is 7.04. The highest BCUT2D eigenvalue weighted by Crippen LogP contribution is 2.17. The summed E-state index contributed by atoms with van der Waals surface area (Å²) in [6.45, 7) is 0. The lowest BCUT2D eigenvalue weighted by Crippen LogP contribution is -2.33. The lowest BCUT2D eigenvalue weighted by molar-refractivity contribution is -0.142. The van der Waals surface area contributed by atoms with Gasteiger partial charge in [-0.1, -0.05) is 6.07 Å². The van der Waals surface area contributed by atoms with Gasteiger partial charge in [-0.05, 0) is 40.0 Å². The van der Waals surface area contributed by atoms with E-state index in [2.05, 4.69) is 20.7 Å². The largest absolute Gasteiger partial charge is 0.468 e.